The highest BCUT2D eigenvalue weighted by molar-refractivity contribution is 7.80. The third kappa shape index (κ3) is 3.23. The average Bonchev–Trinajstić information content (AvgIpc) is 3.07. The largest absolute Gasteiger partial charge is 0.308 e. The van der Waals surface area contributed by atoms with Crippen LogP contribution in [0, 0.1) is 0 Å². The number of thiocarbonyl (C=S) groups is 1. The summed E-state index contributed by atoms with van der Waals surface area (Å²) in [7, 11) is 0. The molecule has 0 aliphatic heterocycles. The molecule has 4 nitrogen and oxygen atoms in total. The molecular formula is C13H7Cl2N3OS3. The van der Waals surface area contributed by atoms with Crippen LogP contribution in [0.4, 0.5) is 5.13 Å². The lowest BCUT2D eigenvalue weighted by Gasteiger charge is -2.05. The van der Waals surface area contributed by atoms with Crippen molar-refractivity contribution < 1.29 is 4.79 Å². The Morgan fingerprint density at radius 1 is 1.32 bits per heavy atom. The first kappa shape index (κ1) is 15.6. The zero-order valence-electron chi connectivity index (χ0n) is 10.7. The maximum Gasteiger partial charge on any atom is 0.269 e. The van der Waals surface area contributed by atoms with Crippen molar-refractivity contribution in [3.05, 3.63) is 44.7 Å². The SMILES string of the molecule is O=C(NC(=S)Nc1nccs1)c1sc2cc(Cl)ccc2c1Cl. The number of fused-ring (bicyclic) bond motifs is 1. The topological polar surface area (TPSA) is 54.0 Å². The maximum absolute atomic E-state index is 12.3. The Balaban J connectivity index is 1.80. The van der Waals surface area contributed by atoms with E-state index in [4.69, 9.17) is 35.4 Å². The Bertz CT molecular complexity index is 861. The molecule has 1 amide bonds. The van der Waals surface area contributed by atoms with Crippen molar-refractivity contribution in [3.63, 3.8) is 0 Å². The first-order valence-corrected chi connectivity index (χ1v) is 8.80. The van der Waals surface area contributed by atoms with Crippen molar-refractivity contribution >= 4 is 84.3 Å². The van der Waals surface area contributed by atoms with Gasteiger partial charge in [-0.2, -0.15) is 0 Å². The monoisotopic (exact) mass is 387 g/mol. The van der Waals surface area contributed by atoms with E-state index in [1.54, 1.807) is 29.8 Å². The summed E-state index contributed by atoms with van der Waals surface area (Å²) in [5.74, 6) is -0.364. The number of halogens is 2. The molecule has 22 heavy (non-hydrogen) atoms. The van der Waals surface area contributed by atoms with Crippen molar-refractivity contribution in [1.82, 2.24) is 10.3 Å². The summed E-state index contributed by atoms with van der Waals surface area (Å²) in [6, 6.07) is 5.30. The second-order valence-electron chi connectivity index (χ2n) is 4.13. The summed E-state index contributed by atoms with van der Waals surface area (Å²) in [6.07, 6.45) is 1.64. The van der Waals surface area contributed by atoms with Gasteiger partial charge in [0.2, 0.25) is 0 Å². The molecule has 2 N–H and O–H groups in total. The summed E-state index contributed by atoms with van der Waals surface area (Å²) < 4.78 is 0.849. The Morgan fingerprint density at radius 2 is 2.14 bits per heavy atom. The summed E-state index contributed by atoms with van der Waals surface area (Å²) >= 11 is 20.0. The van der Waals surface area contributed by atoms with Gasteiger partial charge in [-0.1, -0.05) is 29.3 Å². The van der Waals surface area contributed by atoms with E-state index in [9.17, 15) is 4.79 Å². The number of thiazole rings is 1. The second-order valence-corrected chi connectivity index (χ2v) is 7.30. The van der Waals surface area contributed by atoms with Gasteiger partial charge >= 0.3 is 0 Å². The zero-order valence-corrected chi connectivity index (χ0v) is 14.7. The number of rotatable bonds is 2. The molecule has 0 bridgehead atoms. The molecule has 0 radical (unpaired) electrons. The van der Waals surface area contributed by atoms with Crippen LogP contribution in [0.5, 0.6) is 0 Å². The highest BCUT2D eigenvalue weighted by Crippen LogP contribution is 2.36. The van der Waals surface area contributed by atoms with E-state index in [1.807, 2.05) is 0 Å². The van der Waals surface area contributed by atoms with Crippen LogP contribution in [0.3, 0.4) is 0 Å². The highest BCUT2D eigenvalue weighted by Gasteiger charge is 2.18. The fourth-order valence-corrected chi connectivity index (χ4v) is 4.23. The molecule has 0 aliphatic rings. The minimum atomic E-state index is -0.364. The van der Waals surface area contributed by atoms with E-state index >= 15 is 0 Å². The van der Waals surface area contributed by atoms with Gasteiger partial charge in [-0.3, -0.25) is 10.1 Å². The van der Waals surface area contributed by atoms with Gasteiger partial charge < -0.3 is 5.32 Å². The minimum Gasteiger partial charge on any atom is -0.308 e. The van der Waals surface area contributed by atoms with Crippen LogP contribution < -0.4 is 10.6 Å². The minimum absolute atomic E-state index is 0.173. The van der Waals surface area contributed by atoms with E-state index < -0.39 is 0 Å². The van der Waals surface area contributed by atoms with Gasteiger partial charge in [-0.25, -0.2) is 4.98 Å². The number of carbonyl (C=O) groups excluding carboxylic acids is 1. The molecule has 2 heterocycles. The normalized spacial score (nSPS) is 10.6. The molecule has 0 saturated heterocycles. The number of anilines is 1. The van der Waals surface area contributed by atoms with E-state index in [-0.39, 0.29) is 11.0 Å². The first-order chi connectivity index (χ1) is 10.5. The number of hydrogen-bond donors (Lipinski definition) is 2. The number of benzene rings is 1. The predicted octanol–water partition coefficient (Wildman–Crippen LogP) is 4.79. The van der Waals surface area contributed by atoms with Crippen LogP contribution in [-0.2, 0) is 0 Å². The van der Waals surface area contributed by atoms with Gasteiger partial charge in [0.1, 0.15) is 4.88 Å². The summed E-state index contributed by atoms with van der Waals surface area (Å²) in [5.41, 5.74) is 0. The number of nitrogens with one attached hydrogen (secondary N) is 2. The van der Waals surface area contributed by atoms with Gasteiger partial charge in [-0.05, 0) is 24.4 Å². The van der Waals surface area contributed by atoms with E-state index in [0.29, 0.717) is 20.1 Å². The number of thiophene rings is 1. The Labute approximate surface area is 149 Å². The number of hydrogen-bond acceptors (Lipinski definition) is 5. The molecule has 2 aromatic heterocycles. The zero-order chi connectivity index (χ0) is 15.7. The standard InChI is InChI=1S/C13H7Cl2N3OS3/c14-6-1-2-7-8(5-6)22-10(9(7)15)11(19)17-12(20)18-13-16-3-4-21-13/h1-5H,(H2,16,17,18,19,20). The second kappa shape index (κ2) is 6.47. The molecule has 0 fully saturated rings. The molecule has 0 saturated carbocycles. The molecule has 0 unspecified atom stereocenters. The average molecular weight is 388 g/mol. The van der Waals surface area contributed by atoms with Crippen molar-refractivity contribution in [1.29, 1.82) is 0 Å². The molecule has 0 aliphatic carbocycles. The summed E-state index contributed by atoms with van der Waals surface area (Å²) in [4.78, 5) is 16.7. The highest BCUT2D eigenvalue weighted by atomic mass is 35.5. The predicted molar refractivity (Wildman–Crippen MR) is 97.6 cm³/mol. The molecular weight excluding hydrogens is 381 g/mol. The van der Waals surface area contributed by atoms with Crippen molar-refractivity contribution in [2.75, 3.05) is 5.32 Å². The third-order valence-electron chi connectivity index (χ3n) is 2.68. The molecule has 0 spiro atoms. The lowest BCUT2D eigenvalue weighted by molar-refractivity contribution is 0.0982. The van der Waals surface area contributed by atoms with Crippen LogP contribution in [0.15, 0.2) is 29.8 Å². The molecule has 9 heteroatoms. The van der Waals surface area contributed by atoms with Gasteiger partial charge in [0, 0.05) is 26.7 Å². The number of amides is 1. The Morgan fingerprint density at radius 3 is 2.86 bits per heavy atom. The van der Waals surface area contributed by atoms with E-state index in [2.05, 4.69) is 15.6 Å². The lowest BCUT2D eigenvalue weighted by Crippen LogP contribution is -2.33. The van der Waals surface area contributed by atoms with Crippen molar-refractivity contribution in [2.24, 2.45) is 0 Å². The molecule has 112 valence electrons. The van der Waals surface area contributed by atoms with Crippen LogP contribution >= 0.6 is 58.1 Å². The van der Waals surface area contributed by atoms with Crippen LogP contribution in [0.2, 0.25) is 10.0 Å². The van der Waals surface area contributed by atoms with Gasteiger partial charge in [0.05, 0.1) is 5.02 Å². The van der Waals surface area contributed by atoms with E-state index in [1.165, 1.54) is 22.7 Å². The van der Waals surface area contributed by atoms with Crippen LogP contribution in [0.25, 0.3) is 10.1 Å². The quantitative estimate of drug-likeness (QED) is 0.620. The third-order valence-corrected chi connectivity index (χ3v) is 5.46. The van der Waals surface area contributed by atoms with Crippen molar-refractivity contribution in [3.8, 4) is 0 Å². The summed E-state index contributed by atoms with van der Waals surface area (Å²) in [6.45, 7) is 0. The Kier molecular flexibility index (Phi) is 4.60. The molecule has 3 aromatic rings. The van der Waals surface area contributed by atoms with Crippen LogP contribution in [-0.4, -0.2) is 16.0 Å². The van der Waals surface area contributed by atoms with Crippen molar-refractivity contribution in [2.45, 2.75) is 0 Å². The summed E-state index contributed by atoms with van der Waals surface area (Å²) in [5, 5.41) is 9.79. The fourth-order valence-electron chi connectivity index (χ4n) is 1.76. The van der Waals surface area contributed by atoms with Gasteiger partial charge in [-0.15, -0.1) is 22.7 Å². The number of carbonyl (C=O) groups is 1. The fraction of sp³-hybridized carbons (Fsp3) is 0. The molecule has 3 rings (SSSR count). The van der Waals surface area contributed by atoms with Crippen LogP contribution in [0.1, 0.15) is 9.67 Å². The maximum atomic E-state index is 12.3. The number of aromatic nitrogens is 1. The van der Waals surface area contributed by atoms with E-state index in [0.717, 1.165) is 10.1 Å². The lowest BCUT2D eigenvalue weighted by atomic mass is 10.2. The number of nitrogens with zero attached hydrogens (tertiary/aromatic N) is 1. The first-order valence-electron chi connectivity index (χ1n) is 5.94. The van der Waals surface area contributed by atoms with Gasteiger partial charge in [0.25, 0.3) is 5.91 Å². The van der Waals surface area contributed by atoms with Gasteiger partial charge in [0.15, 0.2) is 10.2 Å². The Hall–Kier alpha value is -1.25. The molecule has 0 atom stereocenters. The smallest absolute Gasteiger partial charge is 0.269 e. The molecule has 1 aromatic carbocycles.